The second-order valence-corrected chi connectivity index (χ2v) is 8.06. The molecule has 0 bridgehead atoms. The lowest BCUT2D eigenvalue weighted by Crippen LogP contribution is -2.49. The van der Waals surface area contributed by atoms with Crippen LogP contribution in [0.15, 0.2) is 42.6 Å². The van der Waals surface area contributed by atoms with Crippen molar-refractivity contribution in [1.82, 2.24) is 4.98 Å². The van der Waals surface area contributed by atoms with E-state index in [9.17, 15) is 13.6 Å². The number of rotatable bonds is 6. The second-order valence-electron chi connectivity index (χ2n) is 8.06. The average molecular weight is 386 g/mol. The molecule has 0 saturated heterocycles. The van der Waals surface area contributed by atoms with Crippen LogP contribution >= 0.6 is 0 Å². The molecule has 0 aliphatic heterocycles. The highest BCUT2D eigenvalue weighted by molar-refractivity contribution is 5.87. The normalized spacial score (nSPS) is 27.5. The van der Waals surface area contributed by atoms with Crippen LogP contribution in [0, 0.1) is 17.6 Å². The van der Waals surface area contributed by atoms with Gasteiger partial charge in [-0.2, -0.15) is 0 Å². The molecule has 0 unspecified atom stereocenters. The van der Waals surface area contributed by atoms with Gasteiger partial charge in [-0.1, -0.05) is 12.1 Å². The summed E-state index contributed by atoms with van der Waals surface area (Å²) in [7, 11) is 0. The fourth-order valence-corrected chi connectivity index (χ4v) is 4.21. The molecule has 2 aliphatic rings. The van der Waals surface area contributed by atoms with E-state index in [-0.39, 0.29) is 5.82 Å². The summed E-state index contributed by atoms with van der Waals surface area (Å²) in [6, 6.07) is 9.03. The first-order valence-electron chi connectivity index (χ1n) is 9.76. The minimum atomic E-state index is -0.861. The predicted molar refractivity (Wildman–Crippen MR) is 100 cm³/mol. The van der Waals surface area contributed by atoms with E-state index in [2.05, 4.69) is 4.98 Å². The van der Waals surface area contributed by atoms with E-state index in [0.29, 0.717) is 43.9 Å². The van der Waals surface area contributed by atoms with E-state index < -0.39 is 22.7 Å². The number of halogens is 2. The lowest BCUT2D eigenvalue weighted by Gasteiger charge is -2.45. The second kappa shape index (κ2) is 7.24. The van der Waals surface area contributed by atoms with Crippen LogP contribution in [0.4, 0.5) is 8.78 Å². The highest BCUT2D eigenvalue weighted by Crippen LogP contribution is 2.49. The number of nitrogens with two attached hydrogens (primary N) is 1. The number of hydrogen-bond acceptors (Lipinski definition) is 3. The average Bonchev–Trinajstić information content (AvgIpc) is 3.52. The molecule has 1 aromatic heterocycles. The predicted octanol–water partition coefficient (Wildman–Crippen LogP) is 3.98. The molecular weight excluding hydrogens is 362 g/mol. The largest absolute Gasteiger partial charge is 0.369 e. The molecule has 1 heterocycles. The van der Waals surface area contributed by atoms with Crippen LogP contribution in [-0.4, -0.2) is 17.5 Å². The number of amides is 1. The summed E-state index contributed by atoms with van der Waals surface area (Å²) < 4.78 is 33.1. The van der Waals surface area contributed by atoms with Gasteiger partial charge < -0.3 is 10.5 Å². The van der Waals surface area contributed by atoms with Gasteiger partial charge in [-0.05, 0) is 74.3 Å². The Hall–Kier alpha value is -2.34. The summed E-state index contributed by atoms with van der Waals surface area (Å²) in [4.78, 5) is 16.7. The van der Waals surface area contributed by atoms with Gasteiger partial charge in [-0.3, -0.25) is 9.78 Å². The van der Waals surface area contributed by atoms with Crippen LogP contribution < -0.4 is 5.73 Å². The molecule has 28 heavy (non-hydrogen) atoms. The third kappa shape index (κ3) is 3.53. The van der Waals surface area contributed by atoms with Crippen LogP contribution in [0.25, 0.3) is 0 Å². The molecule has 0 spiro atoms. The molecule has 2 aromatic rings. The van der Waals surface area contributed by atoms with Gasteiger partial charge in [0.2, 0.25) is 5.91 Å². The fraction of sp³-hybridized carbons (Fsp3) is 0.455. The first-order valence-corrected chi connectivity index (χ1v) is 9.76. The molecule has 148 valence electrons. The smallest absolute Gasteiger partial charge is 0.228 e. The van der Waals surface area contributed by atoms with Crippen molar-refractivity contribution in [3.63, 3.8) is 0 Å². The lowest BCUT2D eigenvalue weighted by molar-refractivity contribution is -0.132. The molecule has 4 nitrogen and oxygen atoms in total. The molecule has 4 rings (SSSR count). The quantitative estimate of drug-likeness (QED) is 0.817. The minimum absolute atomic E-state index is 0.350. The van der Waals surface area contributed by atoms with E-state index in [1.165, 1.54) is 24.4 Å². The Morgan fingerprint density at radius 2 is 1.68 bits per heavy atom. The van der Waals surface area contributed by atoms with Gasteiger partial charge in [-0.25, -0.2) is 8.78 Å². The molecule has 2 N–H and O–H groups in total. The van der Waals surface area contributed by atoms with Gasteiger partial charge in [0.25, 0.3) is 0 Å². The Bertz CT molecular complexity index is 840. The van der Waals surface area contributed by atoms with Crippen molar-refractivity contribution in [3.05, 3.63) is 65.5 Å². The molecule has 0 atom stereocenters. The summed E-state index contributed by atoms with van der Waals surface area (Å²) in [5.74, 6) is -0.592. The van der Waals surface area contributed by atoms with Crippen molar-refractivity contribution in [2.24, 2.45) is 11.7 Å². The Morgan fingerprint density at radius 3 is 2.21 bits per heavy atom. The van der Waals surface area contributed by atoms with Crippen LogP contribution in [0.1, 0.15) is 49.8 Å². The zero-order valence-electron chi connectivity index (χ0n) is 15.7. The molecular formula is C22H24F2N2O2. The van der Waals surface area contributed by atoms with Crippen molar-refractivity contribution in [1.29, 1.82) is 0 Å². The number of nitrogens with zero attached hydrogens (tertiary/aromatic N) is 1. The summed E-state index contributed by atoms with van der Waals surface area (Å²) in [5, 5.41) is 0. The van der Waals surface area contributed by atoms with Crippen LogP contribution in [0.5, 0.6) is 0 Å². The number of aromatic nitrogens is 1. The molecule has 1 amide bonds. The number of ether oxygens (including phenoxy) is 1. The number of hydrogen-bond donors (Lipinski definition) is 1. The molecule has 6 heteroatoms. The third-order valence-corrected chi connectivity index (χ3v) is 6.27. The van der Waals surface area contributed by atoms with Crippen molar-refractivity contribution in [2.75, 3.05) is 6.61 Å². The maximum absolute atomic E-state index is 13.4. The van der Waals surface area contributed by atoms with Crippen molar-refractivity contribution in [3.8, 4) is 0 Å². The van der Waals surface area contributed by atoms with E-state index in [0.717, 1.165) is 18.4 Å². The number of carbonyl (C=O) groups excluding carboxylic acids is 1. The van der Waals surface area contributed by atoms with E-state index in [1.54, 1.807) is 18.2 Å². The summed E-state index contributed by atoms with van der Waals surface area (Å²) in [6.07, 6.45) is 5.54. The first kappa shape index (κ1) is 19.0. The Morgan fingerprint density at radius 1 is 1.04 bits per heavy atom. The first-order chi connectivity index (χ1) is 13.4. The van der Waals surface area contributed by atoms with E-state index in [4.69, 9.17) is 10.5 Å². The van der Waals surface area contributed by atoms with Crippen LogP contribution in [0.3, 0.4) is 0 Å². The zero-order valence-corrected chi connectivity index (χ0v) is 15.7. The standard InChI is InChI=1S/C22H24F2N2O2/c23-17-5-3-16(4-6-17)21(20(25)27)9-11-22(12-10-21,28-14-15-1-2-15)19-8-7-18(24)13-26-19/h3-8,13,15H,1-2,9-12,14H2,(H2,25,27). The lowest BCUT2D eigenvalue weighted by atomic mass is 9.64. The summed E-state index contributed by atoms with van der Waals surface area (Å²) in [5.41, 5.74) is 5.71. The number of benzene rings is 1. The Labute approximate surface area is 163 Å². The molecule has 2 saturated carbocycles. The maximum Gasteiger partial charge on any atom is 0.228 e. The molecule has 1 aromatic carbocycles. The topological polar surface area (TPSA) is 65.2 Å². The highest BCUT2D eigenvalue weighted by atomic mass is 19.1. The molecule has 2 aliphatic carbocycles. The van der Waals surface area contributed by atoms with Gasteiger partial charge in [0, 0.05) is 0 Å². The Kier molecular flexibility index (Phi) is 4.91. The van der Waals surface area contributed by atoms with Crippen molar-refractivity contribution >= 4 is 5.91 Å². The van der Waals surface area contributed by atoms with Crippen LogP contribution in [0.2, 0.25) is 0 Å². The van der Waals surface area contributed by atoms with Gasteiger partial charge >= 0.3 is 0 Å². The summed E-state index contributed by atoms with van der Waals surface area (Å²) >= 11 is 0. The maximum atomic E-state index is 13.4. The SMILES string of the molecule is NC(=O)C1(c2ccc(F)cc2)CCC(OCC2CC2)(c2ccc(F)cn2)CC1. The van der Waals surface area contributed by atoms with Crippen molar-refractivity contribution < 1.29 is 18.3 Å². The van der Waals surface area contributed by atoms with E-state index in [1.807, 2.05) is 0 Å². The number of pyridine rings is 1. The Balaban J connectivity index is 1.63. The number of carbonyl (C=O) groups is 1. The monoisotopic (exact) mass is 386 g/mol. The van der Waals surface area contributed by atoms with Crippen molar-refractivity contribution in [2.45, 2.75) is 49.5 Å². The third-order valence-electron chi connectivity index (χ3n) is 6.27. The molecule has 2 fully saturated rings. The summed E-state index contributed by atoms with van der Waals surface area (Å²) in [6.45, 7) is 0.638. The van der Waals surface area contributed by atoms with Gasteiger partial charge in [0.1, 0.15) is 17.2 Å². The number of primary amides is 1. The highest BCUT2D eigenvalue weighted by Gasteiger charge is 2.49. The fourth-order valence-electron chi connectivity index (χ4n) is 4.21. The molecule has 0 radical (unpaired) electrons. The minimum Gasteiger partial charge on any atom is -0.369 e. The van der Waals surface area contributed by atoms with E-state index >= 15 is 0 Å². The van der Waals surface area contributed by atoms with Crippen LogP contribution in [-0.2, 0) is 20.5 Å². The van der Waals surface area contributed by atoms with Gasteiger partial charge in [0.15, 0.2) is 0 Å². The zero-order chi connectivity index (χ0) is 19.8. The van der Waals surface area contributed by atoms with Gasteiger partial charge in [0.05, 0.1) is 23.9 Å². The van der Waals surface area contributed by atoms with Gasteiger partial charge in [-0.15, -0.1) is 0 Å².